The Labute approximate surface area is 450 Å². The highest BCUT2D eigenvalue weighted by Gasteiger charge is 2.28. The lowest BCUT2D eigenvalue weighted by Gasteiger charge is -2.26. The lowest BCUT2D eigenvalue weighted by molar-refractivity contribution is -0.870. The normalized spacial score (nSPS) is 13.8. The van der Waals surface area contributed by atoms with Crippen LogP contribution in [-0.2, 0) is 18.4 Å². The third-order valence-electron chi connectivity index (χ3n) is 15.0. The number of hydrogen-bond acceptors (Lipinski definition) is 5. The van der Waals surface area contributed by atoms with Gasteiger partial charge in [-0.25, -0.2) is 4.57 Å². The number of nitrogens with zero attached hydrogens (tertiary/aromatic N) is 1. The highest BCUT2D eigenvalue weighted by atomic mass is 31.2. The van der Waals surface area contributed by atoms with Gasteiger partial charge in [-0.15, -0.1) is 0 Å². The smallest absolute Gasteiger partial charge is 0.391 e. The molecular weight excluding hydrogens is 912 g/mol. The van der Waals surface area contributed by atoms with E-state index in [9.17, 15) is 19.4 Å². The summed E-state index contributed by atoms with van der Waals surface area (Å²) in [5.41, 5.74) is 0. The van der Waals surface area contributed by atoms with Crippen molar-refractivity contribution in [3.63, 3.8) is 0 Å². The lowest BCUT2D eigenvalue weighted by Crippen LogP contribution is -2.46. The topological polar surface area (TPSA) is 105 Å². The van der Waals surface area contributed by atoms with Crippen LogP contribution in [0.5, 0.6) is 0 Å². The van der Waals surface area contributed by atoms with Gasteiger partial charge in [-0.05, 0) is 38.5 Å². The van der Waals surface area contributed by atoms with Gasteiger partial charge in [-0.2, -0.15) is 0 Å². The summed E-state index contributed by atoms with van der Waals surface area (Å²) >= 11 is 0. The predicted molar refractivity (Wildman–Crippen MR) is 314 cm³/mol. The van der Waals surface area contributed by atoms with E-state index in [0.717, 1.165) is 38.5 Å². The quantitative estimate of drug-likeness (QED) is 0.0243. The van der Waals surface area contributed by atoms with E-state index in [2.05, 4.69) is 31.3 Å². The predicted octanol–water partition coefficient (Wildman–Crippen LogP) is 19.8. The molecule has 0 saturated carbocycles. The number of aliphatic hydroxyl groups is 1. The minimum Gasteiger partial charge on any atom is -0.391 e. The Balaban J connectivity index is 3.85. The molecule has 430 valence electrons. The van der Waals surface area contributed by atoms with E-state index in [0.29, 0.717) is 23.9 Å². The summed E-state index contributed by atoms with van der Waals surface area (Å²) in [6, 6.07) is -0.756. The SMILES string of the molecule is CCCCCCCCCC/C=C\CCCCCCCCCCCCCCCCCCCCCCCCCCCC(=O)NC(COP(=O)(O)OCC[N+](C)(C)C)C(O)CCCCCCCCCCCCCCC. The van der Waals surface area contributed by atoms with Crippen molar-refractivity contribution in [1.29, 1.82) is 0 Å². The van der Waals surface area contributed by atoms with Crippen LogP contribution < -0.4 is 5.32 Å². The number of unbranched alkanes of at least 4 members (excludes halogenated alkanes) is 45. The first-order chi connectivity index (χ1) is 35.0. The van der Waals surface area contributed by atoms with Gasteiger partial charge >= 0.3 is 7.82 Å². The molecule has 72 heavy (non-hydrogen) atoms. The largest absolute Gasteiger partial charge is 0.472 e. The zero-order chi connectivity index (χ0) is 52.7. The van der Waals surface area contributed by atoms with Crippen LogP contribution in [0.3, 0.4) is 0 Å². The van der Waals surface area contributed by atoms with Crippen LogP contribution in [0.4, 0.5) is 0 Å². The van der Waals surface area contributed by atoms with Gasteiger partial charge in [0.05, 0.1) is 39.9 Å². The zero-order valence-corrected chi connectivity index (χ0v) is 50.1. The molecule has 0 heterocycles. The molecule has 0 saturated heterocycles. The first-order valence-electron chi connectivity index (χ1n) is 32.1. The van der Waals surface area contributed by atoms with E-state index < -0.39 is 20.0 Å². The fourth-order valence-corrected chi connectivity index (χ4v) is 10.7. The molecule has 0 radical (unpaired) electrons. The Bertz CT molecular complexity index is 1180. The number of rotatable bonds is 60. The number of aliphatic hydroxyl groups excluding tert-OH is 1. The molecule has 3 atom stereocenters. The maximum atomic E-state index is 13.0. The third-order valence-corrected chi connectivity index (χ3v) is 16.0. The van der Waals surface area contributed by atoms with Crippen LogP contribution in [0.2, 0.25) is 0 Å². The number of quaternary nitrogens is 1. The highest BCUT2D eigenvalue weighted by molar-refractivity contribution is 7.47. The minimum atomic E-state index is -4.32. The van der Waals surface area contributed by atoms with Crippen molar-refractivity contribution in [1.82, 2.24) is 5.32 Å². The van der Waals surface area contributed by atoms with Crippen molar-refractivity contribution < 1.29 is 32.9 Å². The van der Waals surface area contributed by atoms with Gasteiger partial charge in [-0.3, -0.25) is 13.8 Å². The number of allylic oxidation sites excluding steroid dienone is 2. The van der Waals surface area contributed by atoms with Crippen molar-refractivity contribution in [2.75, 3.05) is 40.9 Å². The second-order valence-corrected chi connectivity index (χ2v) is 25.0. The zero-order valence-electron chi connectivity index (χ0n) is 49.2. The fraction of sp³-hybridized carbons (Fsp3) is 0.952. The molecule has 8 nitrogen and oxygen atoms in total. The van der Waals surface area contributed by atoms with E-state index in [4.69, 9.17) is 9.05 Å². The monoisotopic (exact) mass is 1040 g/mol. The molecule has 3 N–H and O–H groups in total. The van der Waals surface area contributed by atoms with Gasteiger partial charge in [0.1, 0.15) is 13.2 Å². The summed E-state index contributed by atoms with van der Waals surface area (Å²) < 4.78 is 23.8. The summed E-state index contributed by atoms with van der Waals surface area (Å²) in [5, 5.41) is 14.0. The van der Waals surface area contributed by atoms with Crippen molar-refractivity contribution in [2.24, 2.45) is 0 Å². The Morgan fingerprint density at radius 2 is 0.750 bits per heavy atom. The number of nitrogens with one attached hydrogen (secondary N) is 1. The Kier molecular flexibility index (Phi) is 54.4. The lowest BCUT2D eigenvalue weighted by atomic mass is 10.0. The van der Waals surface area contributed by atoms with E-state index in [1.54, 1.807) is 0 Å². The summed E-state index contributed by atoms with van der Waals surface area (Å²) in [6.45, 7) is 4.93. The number of phosphoric acid groups is 1. The van der Waals surface area contributed by atoms with Crippen molar-refractivity contribution in [3.05, 3.63) is 12.2 Å². The van der Waals surface area contributed by atoms with Crippen molar-refractivity contribution >= 4 is 13.7 Å². The van der Waals surface area contributed by atoms with E-state index >= 15 is 0 Å². The molecule has 0 aromatic rings. The second kappa shape index (κ2) is 55.0. The summed E-state index contributed by atoms with van der Waals surface area (Å²) in [5.74, 6) is -0.137. The summed E-state index contributed by atoms with van der Waals surface area (Å²) in [6.07, 6.45) is 68.8. The summed E-state index contributed by atoms with van der Waals surface area (Å²) in [4.78, 5) is 23.3. The van der Waals surface area contributed by atoms with Gasteiger partial charge < -0.3 is 19.8 Å². The first-order valence-corrected chi connectivity index (χ1v) is 33.5. The van der Waals surface area contributed by atoms with E-state index in [1.807, 2.05) is 21.1 Å². The molecule has 0 aromatic heterocycles. The Morgan fingerprint density at radius 3 is 1.07 bits per heavy atom. The van der Waals surface area contributed by atoms with Crippen LogP contribution >= 0.6 is 7.82 Å². The van der Waals surface area contributed by atoms with Gasteiger partial charge in [0.15, 0.2) is 0 Å². The third kappa shape index (κ3) is 57.0. The molecule has 1 amide bonds. The molecule has 0 spiro atoms. The van der Waals surface area contributed by atoms with Crippen molar-refractivity contribution in [3.8, 4) is 0 Å². The highest BCUT2D eigenvalue weighted by Crippen LogP contribution is 2.43. The molecular formula is C63H128N2O6P+. The minimum absolute atomic E-state index is 0.0782. The molecule has 0 aliphatic heterocycles. The standard InChI is InChI=1S/C63H127N2O6P/c1-6-8-10-12-14-16-18-20-21-22-23-24-25-26-27-28-29-30-31-32-33-34-35-36-37-38-39-40-41-42-43-45-47-49-51-53-55-57-63(67)64-61(60-71-72(68,69)70-59-58-65(3,4)5)62(66)56-54-52-50-48-46-44-19-17-15-13-11-9-7-2/h22-23,61-62,66H,6-21,24-60H2,1-5H3,(H-,64,67,68,69)/p+1/b23-22-. The number of carbonyl (C=O) groups is 1. The molecule has 0 aliphatic rings. The summed E-state index contributed by atoms with van der Waals surface area (Å²) in [7, 11) is 1.63. The molecule has 0 aromatic carbocycles. The molecule has 0 fully saturated rings. The van der Waals surface area contributed by atoms with E-state index in [-0.39, 0.29) is 19.1 Å². The molecule has 0 bridgehead atoms. The van der Waals surface area contributed by atoms with Gasteiger partial charge in [0, 0.05) is 6.42 Å². The second-order valence-electron chi connectivity index (χ2n) is 23.5. The first kappa shape index (κ1) is 71.2. The Hall–Kier alpha value is -0.760. The average Bonchev–Trinajstić information content (AvgIpc) is 3.34. The number of phosphoric ester groups is 1. The Morgan fingerprint density at radius 1 is 0.458 bits per heavy atom. The van der Waals surface area contributed by atoms with Crippen LogP contribution in [-0.4, -0.2) is 73.4 Å². The van der Waals surface area contributed by atoms with E-state index in [1.165, 1.54) is 270 Å². The number of carbonyl (C=O) groups excluding carboxylic acids is 1. The number of hydrogen-bond donors (Lipinski definition) is 3. The molecule has 0 aliphatic carbocycles. The molecule has 0 rings (SSSR count). The number of amides is 1. The average molecular weight is 1040 g/mol. The maximum absolute atomic E-state index is 13.0. The molecule has 9 heteroatoms. The fourth-order valence-electron chi connectivity index (χ4n) is 9.99. The van der Waals surface area contributed by atoms with Gasteiger partial charge in [0.2, 0.25) is 5.91 Å². The van der Waals surface area contributed by atoms with Crippen molar-refractivity contribution in [2.45, 2.75) is 347 Å². The molecule has 3 unspecified atom stereocenters. The van der Waals surface area contributed by atoms with Crippen LogP contribution in [0.15, 0.2) is 12.2 Å². The van der Waals surface area contributed by atoms with Crippen LogP contribution in [0.1, 0.15) is 335 Å². The van der Waals surface area contributed by atoms with Gasteiger partial charge in [0.25, 0.3) is 0 Å². The van der Waals surface area contributed by atoms with Crippen LogP contribution in [0, 0.1) is 0 Å². The van der Waals surface area contributed by atoms with Crippen LogP contribution in [0.25, 0.3) is 0 Å². The number of likely N-dealkylation sites (N-methyl/N-ethyl adjacent to an activating group) is 1. The van der Waals surface area contributed by atoms with Gasteiger partial charge in [-0.1, -0.05) is 302 Å². The maximum Gasteiger partial charge on any atom is 0.472 e.